The molecule has 0 aliphatic carbocycles. The number of nitrogens with zero attached hydrogens (tertiary/aromatic N) is 3. The van der Waals surface area contributed by atoms with E-state index in [-0.39, 0.29) is 29.5 Å². The summed E-state index contributed by atoms with van der Waals surface area (Å²) in [7, 11) is -2.02. The van der Waals surface area contributed by atoms with Crippen LogP contribution in [0.2, 0.25) is 18.1 Å². The zero-order chi connectivity index (χ0) is 24.4. The fraction of sp³-hybridized carbons (Fsp3) is 0.545. The maximum Gasteiger partial charge on any atom is 0.410 e. The molecule has 1 amide bonds. The number of hydrogen-bond donors (Lipinski definition) is 1. The van der Waals surface area contributed by atoms with Gasteiger partial charge in [-0.15, -0.1) is 11.3 Å². The Labute approximate surface area is 199 Å². The van der Waals surface area contributed by atoms with Gasteiger partial charge in [0.15, 0.2) is 8.32 Å². The zero-order valence-corrected chi connectivity index (χ0v) is 21.6. The lowest BCUT2D eigenvalue weighted by molar-refractivity contribution is -0.384. The Bertz CT molecular complexity index is 989. The van der Waals surface area contributed by atoms with Crippen molar-refractivity contribution in [1.29, 1.82) is 0 Å². The summed E-state index contributed by atoms with van der Waals surface area (Å²) in [6.07, 6.45) is 0.0913. The number of aromatic nitrogens is 1. The molecule has 1 saturated heterocycles. The van der Waals surface area contributed by atoms with Crippen LogP contribution in [-0.2, 0) is 22.3 Å². The van der Waals surface area contributed by atoms with E-state index in [2.05, 4.69) is 38.8 Å². The summed E-state index contributed by atoms with van der Waals surface area (Å²) in [6.45, 7) is 11.8. The first-order valence-electron chi connectivity index (χ1n) is 10.9. The van der Waals surface area contributed by atoms with Gasteiger partial charge in [-0.2, -0.15) is 0 Å². The zero-order valence-electron chi connectivity index (χ0n) is 19.7. The second-order valence-electron chi connectivity index (χ2n) is 9.76. The third-order valence-corrected chi connectivity index (χ3v) is 11.9. The smallest absolute Gasteiger partial charge is 0.410 e. The summed E-state index contributed by atoms with van der Waals surface area (Å²) in [5, 5.41) is 13.6. The number of rotatable bonds is 7. The van der Waals surface area contributed by atoms with Gasteiger partial charge in [0.1, 0.15) is 11.6 Å². The molecular formula is C22H32N4O5SSi. The predicted octanol–water partition coefficient (Wildman–Crippen LogP) is 4.98. The normalized spacial score (nSPS) is 19.0. The Morgan fingerprint density at radius 1 is 1.33 bits per heavy atom. The van der Waals surface area contributed by atoms with Crippen LogP contribution in [0.25, 0.3) is 0 Å². The SMILES string of the molecule is CC(C)(C)[Si](C)(C)O[C@@H]1C[C@@H](c2nc(CN)cs2)N(C(=O)OCc2ccc([N+](=O)[O-])cc2)C1. The highest BCUT2D eigenvalue weighted by atomic mass is 32.1. The topological polar surface area (TPSA) is 121 Å². The Kier molecular flexibility index (Phi) is 7.57. The summed E-state index contributed by atoms with van der Waals surface area (Å²) in [6, 6.07) is 5.73. The van der Waals surface area contributed by atoms with Gasteiger partial charge < -0.3 is 14.9 Å². The van der Waals surface area contributed by atoms with Crippen LogP contribution in [0.1, 0.15) is 49.5 Å². The molecule has 0 radical (unpaired) electrons. The third kappa shape index (κ3) is 5.97. The van der Waals surface area contributed by atoms with E-state index in [1.165, 1.54) is 23.5 Å². The molecule has 33 heavy (non-hydrogen) atoms. The van der Waals surface area contributed by atoms with Crippen LogP contribution in [0.5, 0.6) is 0 Å². The Morgan fingerprint density at radius 3 is 2.55 bits per heavy atom. The van der Waals surface area contributed by atoms with Crippen LogP contribution in [0, 0.1) is 10.1 Å². The molecule has 0 bridgehead atoms. The minimum Gasteiger partial charge on any atom is -0.445 e. The summed E-state index contributed by atoms with van der Waals surface area (Å²) in [5.41, 5.74) is 7.20. The fourth-order valence-corrected chi connectivity index (χ4v) is 5.74. The van der Waals surface area contributed by atoms with Crippen LogP contribution in [0.3, 0.4) is 0 Å². The van der Waals surface area contributed by atoms with E-state index in [0.717, 1.165) is 10.7 Å². The van der Waals surface area contributed by atoms with Crippen molar-refractivity contribution in [3.8, 4) is 0 Å². The van der Waals surface area contributed by atoms with Crippen molar-refractivity contribution in [2.75, 3.05) is 6.54 Å². The number of nitro groups is 1. The van der Waals surface area contributed by atoms with Crippen molar-refractivity contribution >= 4 is 31.4 Å². The first kappa shape index (κ1) is 25.3. The van der Waals surface area contributed by atoms with E-state index in [1.54, 1.807) is 17.0 Å². The molecule has 1 aromatic carbocycles. The molecule has 1 fully saturated rings. The molecule has 3 rings (SSSR count). The summed E-state index contributed by atoms with van der Waals surface area (Å²) < 4.78 is 12.2. The predicted molar refractivity (Wildman–Crippen MR) is 129 cm³/mol. The van der Waals surface area contributed by atoms with Gasteiger partial charge in [0, 0.05) is 37.0 Å². The Morgan fingerprint density at radius 2 is 2.00 bits per heavy atom. The van der Waals surface area contributed by atoms with E-state index < -0.39 is 19.3 Å². The average molecular weight is 493 g/mol. The van der Waals surface area contributed by atoms with E-state index in [0.29, 0.717) is 25.1 Å². The number of nitro benzene ring substituents is 1. The number of hydrogen-bond acceptors (Lipinski definition) is 8. The number of benzene rings is 1. The number of nitrogens with two attached hydrogens (primary N) is 1. The molecule has 2 aromatic rings. The van der Waals surface area contributed by atoms with Crippen molar-refractivity contribution in [2.24, 2.45) is 5.73 Å². The molecule has 1 aromatic heterocycles. The van der Waals surface area contributed by atoms with E-state index in [1.807, 2.05) is 5.38 Å². The van der Waals surface area contributed by atoms with Gasteiger partial charge in [0.25, 0.3) is 5.69 Å². The second kappa shape index (κ2) is 9.88. The molecule has 2 atom stereocenters. The molecule has 180 valence electrons. The molecular weight excluding hydrogens is 460 g/mol. The minimum absolute atomic E-state index is 0.00483. The lowest BCUT2D eigenvalue weighted by Gasteiger charge is -2.38. The standard InChI is InChI=1S/C22H32N4O5SSi/c1-22(2,3)33(4,5)31-18-10-19(20-24-16(11-23)14-32-20)25(12-18)21(27)30-13-15-6-8-17(9-7-15)26(28)29/h6-9,14,18-19H,10-13,23H2,1-5H3/t18-,19+/m1/s1. The number of carbonyl (C=O) groups is 1. The lowest BCUT2D eigenvalue weighted by atomic mass is 10.2. The molecule has 0 spiro atoms. The van der Waals surface area contributed by atoms with E-state index in [9.17, 15) is 14.9 Å². The Hall–Kier alpha value is -2.34. The van der Waals surface area contributed by atoms with Crippen molar-refractivity contribution < 1.29 is 18.9 Å². The first-order chi connectivity index (χ1) is 15.4. The van der Waals surface area contributed by atoms with Gasteiger partial charge in [-0.25, -0.2) is 9.78 Å². The van der Waals surface area contributed by atoms with Gasteiger partial charge >= 0.3 is 6.09 Å². The van der Waals surface area contributed by atoms with Crippen LogP contribution < -0.4 is 5.73 Å². The van der Waals surface area contributed by atoms with Gasteiger partial charge in [-0.1, -0.05) is 20.8 Å². The van der Waals surface area contributed by atoms with E-state index >= 15 is 0 Å². The van der Waals surface area contributed by atoms with Crippen molar-refractivity contribution in [2.45, 2.75) is 70.6 Å². The average Bonchev–Trinajstić information content (AvgIpc) is 3.38. The van der Waals surface area contributed by atoms with Crippen LogP contribution in [0.15, 0.2) is 29.6 Å². The largest absolute Gasteiger partial charge is 0.445 e. The number of non-ortho nitro benzene ring substituents is 1. The molecule has 1 aliphatic heterocycles. The summed E-state index contributed by atoms with van der Waals surface area (Å²) in [5.74, 6) is 0. The molecule has 0 unspecified atom stereocenters. The number of ether oxygens (including phenoxy) is 1. The highest BCUT2D eigenvalue weighted by Crippen LogP contribution is 2.42. The van der Waals surface area contributed by atoms with Gasteiger partial charge in [-0.05, 0) is 35.8 Å². The molecule has 11 heteroatoms. The Balaban J connectivity index is 1.74. The number of thiazole rings is 1. The van der Waals surface area contributed by atoms with Crippen molar-refractivity contribution in [1.82, 2.24) is 9.88 Å². The monoisotopic (exact) mass is 492 g/mol. The van der Waals surface area contributed by atoms with E-state index in [4.69, 9.17) is 14.9 Å². The molecule has 9 nitrogen and oxygen atoms in total. The maximum absolute atomic E-state index is 13.1. The van der Waals surface area contributed by atoms with Crippen molar-refractivity contribution in [3.05, 3.63) is 56.0 Å². The van der Waals surface area contributed by atoms with Gasteiger partial charge in [0.05, 0.1) is 22.8 Å². The number of amides is 1. The van der Waals surface area contributed by atoms with Crippen LogP contribution in [0.4, 0.5) is 10.5 Å². The highest BCUT2D eigenvalue weighted by molar-refractivity contribution is 7.09. The van der Waals surface area contributed by atoms with Gasteiger partial charge in [-0.3, -0.25) is 15.0 Å². The van der Waals surface area contributed by atoms with Crippen LogP contribution in [-0.4, -0.2) is 41.9 Å². The van der Waals surface area contributed by atoms with Crippen molar-refractivity contribution in [3.63, 3.8) is 0 Å². The maximum atomic E-state index is 13.1. The molecule has 0 saturated carbocycles. The minimum atomic E-state index is -2.02. The molecule has 2 heterocycles. The molecule has 2 N–H and O–H groups in total. The summed E-state index contributed by atoms with van der Waals surface area (Å²) >= 11 is 1.49. The highest BCUT2D eigenvalue weighted by Gasteiger charge is 2.45. The quantitative estimate of drug-likeness (QED) is 0.328. The van der Waals surface area contributed by atoms with Crippen LogP contribution >= 0.6 is 11.3 Å². The lowest BCUT2D eigenvalue weighted by Crippen LogP contribution is -2.44. The molecule has 1 aliphatic rings. The number of carbonyl (C=O) groups excluding carboxylic acids is 1. The first-order valence-corrected chi connectivity index (χ1v) is 14.7. The summed E-state index contributed by atoms with van der Waals surface area (Å²) in [4.78, 5) is 29.7. The third-order valence-electron chi connectivity index (χ3n) is 6.34. The fourth-order valence-electron chi connectivity index (χ4n) is 3.42. The second-order valence-corrected chi connectivity index (χ2v) is 15.4. The number of likely N-dealkylation sites (tertiary alicyclic amines) is 1. The van der Waals surface area contributed by atoms with Gasteiger partial charge in [0.2, 0.25) is 0 Å².